The maximum Gasteiger partial charge on any atom is 0.147 e. The third kappa shape index (κ3) is 3.24. The highest BCUT2D eigenvalue weighted by Gasteiger charge is 2.46. The smallest absolute Gasteiger partial charge is 0.147 e. The summed E-state index contributed by atoms with van der Waals surface area (Å²) in [6, 6.07) is 1.54. The van der Waals surface area contributed by atoms with Crippen molar-refractivity contribution in [2.45, 2.75) is 71.9 Å². The number of rotatable bonds is 5. The molecule has 1 nitrogen and oxygen atoms in total. The molecule has 0 bridgehead atoms. The lowest BCUT2D eigenvalue weighted by molar-refractivity contribution is 0.150. The van der Waals surface area contributed by atoms with Crippen LogP contribution in [0.25, 0.3) is 0 Å². The zero-order chi connectivity index (χ0) is 13.1. The van der Waals surface area contributed by atoms with Crippen molar-refractivity contribution in [3.63, 3.8) is 0 Å². The van der Waals surface area contributed by atoms with Gasteiger partial charge in [0, 0.05) is 6.61 Å². The van der Waals surface area contributed by atoms with Crippen molar-refractivity contribution in [1.82, 2.24) is 0 Å². The third-order valence-corrected chi connectivity index (χ3v) is 16.8. The van der Waals surface area contributed by atoms with Gasteiger partial charge in [-0.05, 0) is 22.8 Å². The molecule has 0 N–H and O–H groups in total. The molecule has 1 aliphatic rings. The Morgan fingerprint density at radius 1 is 1.29 bits per heavy atom. The van der Waals surface area contributed by atoms with Gasteiger partial charge in [0.25, 0.3) is 0 Å². The van der Waals surface area contributed by atoms with E-state index in [1.54, 1.807) is 6.04 Å². The summed E-state index contributed by atoms with van der Waals surface area (Å²) >= 11 is 0. The van der Waals surface area contributed by atoms with Crippen LogP contribution in [-0.4, -0.2) is 24.2 Å². The molecule has 3 heteroatoms. The van der Waals surface area contributed by atoms with Gasteiger partial charge in [0.05, 0.1) is 8.31 Å². The van der Waals surface area contributed by atoms with Crippen LogP contribution in [0.2, 0.25) is 11.1 Å². The fourth-order valence-corrected chi connectivity index (χ4v) is 12.8. The van der Waals surface area contributed by atoms with E-state index in [2.05, 4.69) is 41.5 Å². The fourth-order valence-electron chi connectivity index (χ4n) is 3.26. The maximum absolute atomic E-state index is 5.90. The molecule has 0 aliphatic carbocycles. The SMILES string of the molecule is CCCC(C)C(C)(C)C(C)(C)[SiH]1CCCO[SiH2]1. The average molecular weight is 273 g/mol. The highest BCUT2D eigenvalue weighted by Crippen LogP contribution is 2.54. The molecule has 1 fully saturated rings. The van der Waals surface area contributed by atoms with Gasteiger partial charge in [0.1, 0.15) is 9.28 Å². The van der Waals surface area contributed by atoms with Gasteiger partial charge in [-0.1, -0.05) is 60.4 Å². The zero-order valence-electron chi connectivity index (χ0n) is 12.8. The van der Waals surface area contributed by atoms with Gasteiger partial charge in [-0.3, -0.25) is 0 Å². The largest absolute Gasteiger partial charge is 0.428 e. The first-order valence-corrected chi connectivity index (χ1v) is 12.7. The molecular weight excluding hydrogens is 240 g/mol. The second-order valence-corrected chi connectivity index (χ2v) is 15.2. The zero-order valence-corrected chi connectivity index (χ0v) is 15.4. The van der Waals surface area contributed by atoms with E-state index in [4.69, 9.17) is 4.43 Å². The highest BCUT2D eigenvalue weighted by atomic mass is 29.2. The molecule has 0 saturated carbocycles. The summed E-state index contributed by atoms with van der Waals surface area (Å²) in [5.41, 5.74) is 0.480. The summed E-state index contributed by atoms with van der Waals surface area (Å²) in [6.45, 7) is 16.0. The van der Waals surface area contributed by atoms with Crippen LogP contribution in [-0.2, 0) is 4.43 Å². The lowest BCUT2D eigenvalue weighted by Crippen LogP contribution is -2.48. The Bertz CT molecular complexity index is 232. The monoisotopic (exact) mass is 272 g/mol. The first-order valence-electron chi connectivity index (χ1n) is 7.41. The average Bonchev–Trinajstić information content (AvgIpc) is 2.30. The van der Waals surface area contributed by atoms with Gasteiger partial charge in [0.15, 0.2) is 0 Å². The normalized spacial score (nSPS) is 26.1. The summed E-state index contributed by atoms with van der Waals surface area (Å²) < 4.78 is 5.90. The van der Waals surface area contributed by atoms with Crippen LogP contribution in [0.1, 0.15) is 60.8 Å². The van der Waals surface area contributed by atoms with Crippen LogP contribution in [0.15, 0.2) is 0 Å². The summed E-state index contributed by atoms with van der Waals surface area (Å²) in [5.74, 6) is 0.839. The van der Waals surface area contributed by atoms with Crippen molar-refractivity contribution in [2.24, 2.45) is 11.3 Å². The Balaban J connectivity index is 2.78. The van der Waals surface area contributed by atoms with Crippen LogP contribution < -0.4 is 0 Å². The predicted octanol–water partition coefficient (Wildman–Crippen LogP) is 3.46. The quantitative estimate of drug-likeness (QED) is 0.697. The van der Waals surface area contributed by atoms with Crippen molar-refractivity contribution in [2.75, 3.05) is 6.61 Å². The van der Waals surface area contributed by atoms with Crippen molar-refractivity contribution >= 4 is 17.6 Å². The standard InChI is InChI=1S/C14H32OSi2/c1-7-9-12(2)13(3,4)14(5,6)17-11-8-10-15-16-17/h12,17H,7-11,16H2,1-6H3. The van der Waals surface area contributed by atoms with E-state index in [0.717, 1.165) is 12.5 Å². The summed E-state index contributed by atoms with van der Waals surface area (Å²) in [6.07, 6.45) is 4.03. The molecule has 17 heavy (non-hydrogen) atoms. The van der Waals surface area contributed by atoms with Gasteiger partial charge in [-0.2, -0.15) is 0 Å². The summed E-state index contributed by atoms with van der Waals surface area (Å²) in [7, 11) is -0.793. The van der Waals surface area contributed by atoms with Gasteiger partial charge < -0.3 is 4.43 Å². The molecule has 1 heterocycles. The van der Waals surface area contributed by atoms with Crippen molar-refractivity contribution in [3.05, 3.63) is 0 Å². The Kier molecular flexibility index (Phi) is 5.48. The Hall–Kier alpha value is 0.394. The van der Waals surface area contributed by atoms with E-state index in [0.29, 0.717) is 10.5 Å². The van der Waals surface area contributed by atoms with Gasteiger partial charge >= 0.3 is 0 Å². The molecule has 0 radical (unpaired) electrons. The molecule has 0 aromatic heterocycles. The second-order valence-electron chi connectivity index (χ2n) is 7.05. The molecule has 1 aliphatic heterocycles. The molecular formula is C14H32OSi2. The molecule has 102 valence electrons. The molecule has 0 aromatic rings. The van der Waals surface area contributed by atoms with Crippen molar-refractivity contribution < 1.29 is 4.43 Å². The van der Waals surface area contributed by atoms with Crippen LogP contribution in [0.5, 0.6) is 0 Å². The van der Waals surface area contributed by atoms with E-state index < -0.39 is 8.31 Å². The first kappa shape index (κ1) is 15.5. The topological polar surface area (TPSA) is 9.23 Å². The van der Waals surface area contributed by atoms with Crippen molar-refractivity contribution in [1.29, 1.82) is 0 Å². The molecule has 0 amide bonds. The van der Waals surface area contributed by atoms with E-state index in [1.807, 2.05) is 0 Å². The molecule has 2 atom stereocenters. The molecule has 0 spiro atoms. The van der Waals surface area contributed by atoms with E-state index in [9.17, 15) is 0 Å². The van der Waals surface area contributed by atoms with E-state index in [-0.39, 0.29) is 9.28 Å². The lowest BCUT2D eigenvalue weighted by atomic mass is 9.69. The predicted molar refractivity (Wildman–Crippen MR) is 83.0 cm³/mol. The van der Waals surface area contributed by atoms with Crippen LogP contribution in [0.4, 0.5) is 0 Å². The Morgan fingerprint density at radius 2 is 1.94 bits per heavy atom. The van der Waals surface area contributed by atoms with Gasteiger partial charge in [-0.15, -0.1) is 0 Å². The first-order chi connectivity index (χ1) is 7.84. The summed E-state index contributed by atoms with van der Waals surface area (Å²) in [4.78, 5) is 0. The number of hydrogen-bond acceptors (Lipinski definition) is 1. The molecule has 2 unspecified atom stereocenters. The summed E-state index contributed by atoms with van der Waals surface area (Å²) in [5, 5.41) is 0.564. The van der Waals surface area contributed by atoms with E-state index >= 15 is 0 Å². The van der Waals surface area contributed by atoms with Gasteiger partial charge in [-0.25, -0.2) is 0 Å². The second kappa shape index (κ2) is 6.02. The third-order valence-electron chi connectivity index (χ3n) is 5.80. The maximum atomic E-state index is 5.90. The van der Waals surface area contributed by atoms with Crippen LogP contribution in [0, 0.1) is 11.3 Å². The lowest BCUT2D eigenvalue weighted by Gasteiger charge is -2.51. The minimum atomic E-state index is -0.625. The molecule has 1 rings (SSSR count). The number of hydrogen-bond donors (Lipinski definition) is 0. The minimum Gasteiger partial charge on any atom is -0.428 e. The van der Waals surface area contributed by atoms with Gasteiger partial charge in [0.2, 0.25) is 0 Å². The van der Waals surface area contributed by atoms with E-state index in [1.165, 1.54) is 19.3 Å². The van der Waals surface area contributed by atoms with Crippen LogP contribution in [0.3, 0.4) is 0 Å². The van der Waals surface area contributed by atoms with Crippen LogP contribution >= 0.6 is 0 Å². The minimum absolute atomic E-state index is 0.169. The fraction of sp³-hybridized carbons (Fsp3) is 1.00. The molecule has 0 aromatic carbocycles. The highest BCUT2D eigenvalue weighted by molar-refractivity contribution is 7.11. The Labute approximate surface area is 112 Å². The molecule has 1 saturated heterocycles. The van der Waals surface area contributed by atoms with Crippen molar-refractivity contribution in [3.8, 4) is 0 Å². The Morgan fingerprint density at radius 3 is 2.41 bits per heavy atom.